The quantitative estimate of drug-likeness (QED) is 0.709. The summed E-state index contributed by atoms with van der Waals surface area (Å²) in [6, 6.07) is 10.0. The molecule has 0 radical (unpaired) electrons. The Morgan fingerprint density at radius 1 is 1.08 bits per heavy atom. The van der Waals surface area contributed by atoms with Gasteiger partial charge < -0.3 is 9.47 Å². The van der Waals surface area contributed by atoms with Crippen molar-refractivity contribution >= 4 is 22.5 Å². The second-order valence-corrected chi connectivity index (χ2v) is 6.33. The average Bonchev–Trinajstić information content (AvgIpc) is 3.02. The first-order valence-electron chi connectivity index (χ1n) is 7.87. The van der Waals surface area contributed by atoms with Gasteiger partial charge in [-0.2, -0.15) is 0 Å². The number of rotatable bonds is 3. The topological polar surface area (TPSA) is 44.2 Å². The van der Waals surface area contributed by atoms with Crippen LogP contribution in [0.15, 0.2) is 36.7 Å². The normalized spacial score (nSPS) is 16.2. The first-order valence-corrected chi connectivity index (χ1v) is 8.24. The van der Waals surface area contributed by atoms with Crippen LogP contribution in [0.3, 0.4) is 0 Å². The van der Waals surface area contributed by atoms with Crippen LogP contribution in [0.5, 0.6) is 11.5 Å². The van der Waals surface area contributed by atoms with E-state index in [-0.39, 0.29) is 5.92 Å². The molecule has 1 aromatic heterocycles. The molecule has 0 amide bonds. The van der Waals surface area contributed by atoms with E-state index in [0.29, 0.717) is 11.5 Å². The zero-order valence-corrected chi connectivity index (χ0v) is 14.3. The highest BCUT2D eigenvalue weighted by molar-refractivity contribution is 6.30. The van der Waals surface area contributed by atoms with Gasteiger partial charge in [0.25, 0.3) is 0 Å². The fourth-order valence-corrected chi connectivity index (χ4v) is 3.78. The summed E-state index contributed by atoms with van der Waals surface area (Å²) >= 11 is 6.21. The van der Waals surface area contributed by atoms with Gasteiger partial charge >= 0.3 is 0 Å². The number of hydrogen-bond acceptors (Lipinski definition) is 4. The molecule has 1 aliphatic carbocycles. The summed E-state index contributed by atoms with van der Waals surface area (Å²) in [5.41, 5.74) is 4.40. The van der Waals surface area contributed by atoms with Gasteiger partial charge in [-0.1, -0.05) is 17.7 Å². The van der Waals surface area contributed by atoms with Gasteiger partial charge in [-0.05, 0) is 48.2 Å². The standard InChI is InChI=1S/C19H17ClN2O2/c1-23-16-8-7-14-17(21-10-22-18(14)19(16)24-2)13-6-4-11-3-5-12(20)9-15(11)13/h3,5,7-10,13H,4,6H2,1-2H3/t13-/m0/s1. The number of halogens is 1. The van der Waals surface area contributed by atoms with Crippen molar-refractivity contribution in [1.82, 2.24) is 9.97 Å². The monoisotopic (exact) mass is 340 g/mol. The van der Waals surface area contributed by atoms with Crippen molar-refractivity contribution in [3.05, 3.63) is 58.5 Å². The molecule has 1 heterocycles. The number of aromatic nitrogens is 2. The van der Waals surface area contributed by atoms with Gasteiger partial charge in [0.05, 0.1) is 19.9 Å². The van der Waals surface area contributed by atoms with Crippen molar-refractivity contribution in [3.8, 4) is 11.5 Å². The van der Waals surface area contributed by atoms with E-state index in [4.69, 9.17) is 21.1 Å². The molecule has 1 atom stereocenters. The Bertz CT molecular complexity index is 927. The Labute approximate surface area is 145 Å². The fraction of sp³-hybridized carbons (Fsp3) is 0.263. The van der Waals surface area contributed by atoms with Crippen LogP contribution in [0.2, 0.25) is 5.02 Å². The van der Waals surface area contributed by atoms with Gasteiger partial charge in [-0.15, -0.1) is 0 Å². The van der Waals surface area contributed by atoms with Crippen molar-refractivity contribution < 1.29 is 9.47 Å². The second-order valence-electron chi connectivity index (χ2n) is 5.89. The average molecular weight is 341 g/mol. The largest absolute Gasteiger partial charge is 0.493 e. The number of methoxy groups -OCH3 is 2. The molecule has 0 N–H and O–H groups in total. The van der Waals surface area contributed by atoms with E-state index < -0.39 is 0 Å². The molecule has 4 rings (SSSR count). The molecule has 2 aromatic carbocycles. The van der Waals surface area contributed by atoms with Crippen LogP contribution in [0.1, 0.15) is 29.2 Å². The number of ether oxygens (including phenoxy) is 2. The summed E-state index contributed by atoms with van der Waals surface area (Å²) in [6.07, 6.45) is 3.66. The Morgan fingerprint density at radius 3 is 2.75 bits per heavy atom. The van der Waals surface area contributed by atoms with Crippen molar-refractivity contribution in [2.24, 2.45) is 0 Å². The van der Waals surface area contributed by atoms with Crippen LogP contribution in [-0.2, 0) is 6.42 Å². The lowest BCUT2D eigenvalue weighted by molar-refractivity contribution is 0.358. The lowest BCUT2D eigenvalue weighted by Gasteiger charge is -2.16. The first-order chi connectivity index (χ1) is 11.7. The van der Waals surface area contributed by atoms with Crippen molar-refractivity contribution in [2.75, 3.05) is 14.2 Å². The summed E-state index contributed by atoms with van der Waals surface area (Å²) in [4.78, 5) is 9.02. The van der Waals surface area contributed by atoms with Crippen LogP contribution in [-0.4, -0.2) is 24.2 Å². The van der Waals surface area contributed by atoms with Crippen LogP contribution in [0, 0.1) is 0 Å². The SMILES string of the molecule is COc1ccc2c([C@H]3CCc4ccc(Cl)cc43)ncnc2c1OC. The molecule has 0 saturated heterocycles. The van der Waals surface area contributed by atoms with Gasteiger partial charge in [0.1, 0.15) is 11.8 Å². The lowest BCUT2D eigenvalue weighted by atomic mass is 9.94. The minimum absolute atomic E-state index is 0.224. The Balaban J connectivity index is 1.92. The van der Waals surface area contributed by atoms with Crippen molar-refractivity contribution in [3.63, 3.8) is 0 Å². The van der Waals surface area contributed by atoms with Crippen LogP contribution in [0.4, 0.5) is 0 Å². The van der Waals surface area contributed by atoms with Gasteiger partial charge in [0, 0.05) is 16.3 Å². The zero-order valence-electron chi connectivity index (χ0n) is 13.5. The molecule has 0 saturated carbocycles. The maximum atomic E-state index is 6.21. The molecule has 0 unspecified atom stereocenters. The highest BCUT2D eigenvalue weighted by atomic mass is 35.5. The molecule has 3 aromatic rings. The van der Waals surface area contributed by atoms with Gasteiger partial charge in [-0.25, -0.2) is 9.97 Å². The predicted octanol–water partition coefficient (Wildman–Crippen LogP) is 4.38. The third-order valence-electron chi connectivity index (χ3n) is 4.69. The highest BCUT2D eigenvalue weighted by Gasteiger charge is 2.27. The molecular weight excluding hydrogens is 324 g/mol. The summed E-state index contributed by atoms with van der Waals surface area (Å²) < 4.78 is 10.9. The highest BCUT2D eigenvalue weighted by Crippen LogP contribution is 2.43. The van der Waals surface area contributed by atoms with Crippen LogP contribution < -0.4 is 9.47 Å². The van der Waals surface area contributed by atoms with Crippen molar-refractivity contribution in [1.29, 1.82) is 0 Å². The first kappa shape index (κ1) is 15.2. The maximum Gasteiger partial charge on any atom is 0.187 e. The predicted molar refractivity (Wildman–Crippen MR) is 94.3 cm³/mol. The van der Waals surface area contributed by atoms with E-state index in [2.05, 4.69) is 22.1 Å². The van der Waals surface area contributed by atoms with E-state index in [1.54, 1.807) is 20.5 Å². The maximum absolute atomic E-state index is 6.21. The van der Waals surface area contributed by atoms with Gasteiger partial charge in [0.2, 0.25) is 0 Å². The number of aryl methyl sites for hydroxylation is 1. The Kier molecular flexibility index (Phi) is 3.77. The summed E-state index contributed by atoms with van der Waals surface area (Å²) in [6.45, 7) is 0. The minimum atomic E-state index is 0.224. The molecular formula is C19H17ClN2O2. The van der Waals surface area contributed by atoms with Gasteiger partial charge in [0.15, 0.2) is 11.5 Å². The number of benzene rings is 2. The molecule has 1 aliphatic rings. The summed E-state index contributed by atoms with van der Waals surface area (Å²) in [5.74, 6) is 1.54. The third kappa shape index (κ3) is 2.29. The summed E-state index contributed by atoms with van der Waals surface area (Å²) in [7, 11) is 3.25. The number of nitrogens with zero attached hydrogens (tertiary/aromatic N) is 2. The lowest BCUT2D eigenvalue weighted by Crippen LogP contribution is -2.03. The van der Waals surface area contributed by atoms with E-state index in [0.717, 1.165) is 34.5 Å². The molecule has 0 aliphatic heterocycles. The third-order valence-corrected chi connectivity index (χ3v) is 4.93. The second kappa shape index (κ2) is 5.95. The fourth-order valence-electron chi connectivity index (χ4n) is 3.60. The zero-order chi connectivity index (χ0) is 16.7. The number of fused-ring (bicyclic) bond motifs is 2. The van der Waals surface area contributed by atoms with Crippen LogP contribution in [0.25, 0.3) is 10.9 Å². The number of hydrogen-bond donors (Lipinski definition) is 0. The van der Waals surface area contributed by atoms with E-state index in [1.807, 2.05) is 18.2 Å². The Hall–Kier alpha value is -2.33. The molecule has 122 valence electrons. The van der Waals surface area contributed by atoms with Gasteiger partial charge in [-0.3, -0.25) is 0 Å². The van der Waals surface area contributed by atoms with E-state index in [1.165, 1.54) is 11.1 Å². The minimum Gasteiger partial charge on any atom is -0.493 e. The van der Waals surface area contributed by atoms with E-state index >= 15 is 0 Å². The summed E-state index contributed by atoms with van der Waals surface area (Å²) in [5, 5.41) is 1.76. The molecule has 0 spiro atoms. The van der Waals surface area contributed by atoms with Crippen molar-refractivity contribution in [2.45, 2.75) is 18.8 Å². The smallest absolute Gasteiger partial charge is 0.187 e. The van der Waals surface area contributed by atoms with E-state index in [9.17, 15) is 0 Å². The molecule has 24 heavy (non-hydrogen) atoms. The molecule has 0 bridgehead atoms. The molecule has 0 fully saturated rings. The van der Waals surface area contributed by atoms with Crippen LogP contribution >= 0.6 is 11.6 Å². The molecule has 5 heteroatoms. The Morgan fingerprint density at radius 2 is 1.96 bits per heavy atom. The molecule has 4 nitrogen and oxygen atoms in total.